The van der Waals surface area contributed by atoms with Gasteiger partial charge in [-0.3, -0.25) is 0 Å². The van der Waals surface area contributed by atoms with Gasteiger partial charge in [0.1, 0.15) is 11.6 Å². The van der Waals surface area contributed by atoms with Crippen molar-refractivity contribution in [3.8, 4) is 5.75 Å². The summed E-state index contributed by atoms with van der Waals surface area (Å²) in [7, 11) is 1.61. The molecule has 0 aliphatic heterocycles. The molecular formula is C15H15ClFNO. The molecule has 2 nitrogen and oxygen atoms in total. The van der Waals surface area contributed by atoms with Gasteiger partial charge in [-0.1, -0.05) is 29.8 Å². The van der Waals surface area contributed by atoms with E-state index in [9.17, 15) is 4.39 Å². The predicted molar refractivity (Wildman–Crippen MR) is 76.5 cm³/mol. The molecule has 0 saturated heterocycles. The molecule has 2 rings (SSSR count). The molecule has 0 atom stereocenters. The lowest BCUT2D eigenvalue weighted by Gasteiger charge is -2.12. The summed E-state index contributed by atoms with van der Waals surface area (Å²) in [5.74, 6) is 0.352. The van der Waals surface area contributed by atoms with Crippen molar-refractivity contribution in [1.29, 1.82) is 0 Å². The summed E-state index contributed by atoms with van der Waals surface area (Å²) in [5.41, 5.74) is 2.46. The highest BCUT2D eigenvalue weighted by atomic mass is 35.5. The smallest absolute Gasteiger partial charge is 0.146 e. The SMILES string of the molecule is COc1cc(C)ccc1NCc1cccc(Cl)c1F. The van der Waals surface area contributed by atoms with E-state index in [4.69, 9.17) is 16.3 Å². The summed E-state index contributed by atoms with van der Waals surface area (Å²) in [6.45, 7) is 2.34. The average molecular weight is 280 g/mol. The van der Waals surface area contributed by atoms with Crippen molar-refractivity contribution in [2.24, 2.45) is 0 Å². The first-order valence-corrected chi connectivity index (χ1v) is 6.31. The minimum Gasteiger partial charge on any atom is -0.495 e. The molecule has 1 N–H and O–H groups in total. The summed E-state index contributed by atoms with van der Waals surface area (Å²) in [6, 6.07) is 10.8. The molecule has 0 aliphatic carbocycles. The minimum atomic E-state index is -0.386. The van der Waals surface area contributed by atoms with E-state index in [1.165, 1.54) is 6.07 Å². The van der Waals surface area contributed by atoms with Gasteiger partial charge >= 0.3 is 0 Å². The van der Waals surface area contributed by atoms with Crippen LogP contribution in [-0.2, 0) is 6.54 Å². The van der Waals surface area contributed by atoms with E-state index < -0.39 is 0 Å². The first-order valence-electron chi connectivity index (χ1n) is 5.93. The third-order valence-electron chi connectivity index (χ3n) is 2.86. The van der Waals surface area contributed by atoms with Crippen LogP contribution in [0.2, 0.25) is 5.02 Å². The number of nitrogens with one attached hydrogen (secondary N) is 1. The van der Waals surface area contributed by atoms with E-state index in [0.717, 1.165) is 17.0 Å². The van der Waals surface area contributed by atoms with Crippen LogP contribution in [0.1, 0.15) is 11.1 Å². The van der Waals surface area contributed by atoms with Crippen LogP contribution in [0.25, 0.3) is 0 Å². The Hall–Kier alpha value is -1.74. The van der Waals surface area contributed by atoms with E-state index in [0.29, 0.717) is 12.1 Å². The molecule has 19 heavy (non-hydrogen) atoms. The molecule has 0 unspecified atom stereocenters. The fraction of sp³-hybridized carbons (Fsp3) is 0.200. The third-order valence-corrected chi connectivity index (χ3v) is 3.15. The number of halogens is 2. The van der Waals surface area contributed by atoms with Gasteiger partial charge in [0.15, 0.2) is 0 Å². The Labute approximate surface area is 117 Å². The van der Waals surface area contributed by atoms with Gasteiger partial charge in [-0.05, 0) is 30.7 Å². The highest BCUT2D eigenvalue weighted by Gasteiger charge is 2.07. The van der Waals surface area contributed by atoms with Crippen LogP contribution in [0.5, 0.6) is 5.75 Å². The zero-order chi connectivity index (χ0) is 13.8. The van der Waals surface area contributed by atoms with Gasteiger partial charge in [0, 0.05) is 12.1 Å². The molecule has 100 valence electrons. The number of rotatable bonds is 4. The Bertz CT molecular complexity index is 586. The summed E-state index contributed by atoms with van der Waals surface area (Å²) in [6.07, 6.45) is 0. The number of aryl methyl sites for hydroxylation is 1. The molecule has 0 heterocycles. The number of ether oxygens (including phenoxy) is 1. The van der Waals surface area contributed by atoms with Gasteiger partial charge in [-0.25, -0.2) is 4.39 Å². The fourth-order valence-corrected chi connectivity index (χ4v) is 2.01. The van der Waals surface area contributed by atoms with Crippen LogP contribution >= 0.6 is 11.6 Å². The molecule has 0 fully saturated rings. The number of hydrogen-bond acceptors (Lipinski definition) is 2. The average Bonchev–Trinajstić information content (AvgIpc) is 2.41. The van der Waals surface area contributed by atoms with Crippen molar-refractivity contribution in [2.75, 3.05) is 12.4 Å². The van der Waals surface area contributed by atoms with Crippen LogP contribution in [0.4, 0.5) is 10.1 Å². The first-order chi connectivity index (χ1) is 9.11. The van der Waals surface area contributed by atoms with Gasteiger partial charge < -0.3 is 10.1 Å². The summed E-state index contributed by atoms with van der Waals surface area (Å²) >= 11 is 5.75. The van der Waals surface area contributed by atoms with Gasteiger partial charge in [0.25, 0.3) is 0 Å². The molecule has 0 spiro atoms. The maximum absolute atomic E-state index is 13.7. The van der Waals surface area contributed by atoms with E-state index in [1.54, 1.807) is 19.2 Å². The van der Waals surface area contributed by atoms with E-state index in [1.807, 2.05) is 25.1 Å². The lowest BCUT2D eigenvalue weighted by Crippen LogP contribution is -2.03. The fourth-order valence-electron chi connectivity index (χ4n) is 1.82. The number of hydrogen-bond donors (Lipinski definition) is 1. The molecule has 0 amide bonds. The molecule has 0 saturated carbocycles. The predicted octanol–water partition coefficient (Wildman–Crippen LogP) is 4.41. The third kappa shape index (κ3) is 3.18. The monoisotopic (exact) mass is 279 g/mol. The van der Waals surface area contributed by atoms with Crippen LogP contribution in [0.15, 0.2) is 36.4 Å². The van der Waals surface area contributed by atoms with Crippen molar-refractivity contribution in [2.45, 2.75) is 13.5 Å². The number of anilines is 1. The second-order valence-corrected chi connectivity index (χ2v) is 4.68. The normalized spacial score (nSPS) is 10.3. The van der Waals surface area contributed by atoms with E-state index >= 15 is 0 Å². The van der Waals surface area contributed by atoms with Gasteiger partial charge in [0.2, 0.25) is 0 Å². The minimum absolute atomic E-state index is 0.134. The Morgan fingerprint density at radius 1 is 1.26 bits per heavy atom. The lowest BCUT2D eigenvalue weighted by molar-refractivity contribution is 0.416. The highest BCUT2D eigenvalue weighted by molar-refractivity contribution is 6.30. The van der Waals surface area contributed by atoms with Crippen LogP contribution in [-0.4, -0.2) is 7.11 Å². The maximum atomic E-state index is 13.7. The Kier molecular flexibility index (Phi) is 4.27. The van der Waals surface area contributed by atoms with Gasteiger partial charge in [-0.15, -0.1) is 0 Å². The molecule has 2 aromatic carbocycles. The zero-order valence-electron chi connectivity index (χ0n) is 10.8. The van der Waals surface area contributed by atoms with Crippen molar-refractivity contribution in [3.63, 3.8) is 0 Å². The molecular weight excluding hydrogens is 265 g/mol. The zero-order valence-corrected chi connectivity index (χ0v) is 11.6. The highest BCUT2D eigenvalue weighted by Crippen LogP contribution is 2.26. The Morgan fingerprint density at radius 3 is 2.79 bits per heavy atom. The summed E-state index contributed by atoms with van der Waals surface area (Å²) in [4.78, 5) is 0. The van der Waals surface area contributed by atoms with Crippen LogP contribution in [0.3, 0.4) is 0 Å². The first kappa shape index (κ1) is 13.7. The second kappa shape index (κ2) is 5.93. The maximum Gasteiger partial charge on any atom is 0.146 e. The largest absolute Gasteiger partial charge is 0.495 e. The molecule has 0 radical (unpaired) electrons. The number of benzene rings is 2. The molecule has 0 aliphatic rings. The van der Waals surface area contributed by atoms with E-state index in [2.05, 4.69) is 5.32 Å². The van der Waals surface area contributed by atoms with Crippen molar-refractivity contribution < 1.29 is 9.13 Å². The second-order valence-electron chi connectivity index (χ2n) is 4.27. The topological polar surface area (TPSA) is 21.3 Å². The van der Waals surface area contributed by atoms with E-state index in [-0.39, 0.29) is 10.8 Å². The molecule has 0 bridgehead atoms. The molecule has 4 heteroatoms. The quantitative estimate of drug-likeness (QED) is 0.895. The summed E-state index contributed by atoms with van der Waals surface area (Å²) < 4.78 is 19.0. The molecule has 2 aromatic rings. The summed E-state index contributed by atoms with van der Waals surface area (Å²) in [5, 5.41) is 3.29. The van der Waals surface area contributed by atoms with Crippen molar-refractivity contribution in [1.82, 2.24) is 0 Å². The molecule has 0 aromatic heterocycles. The number of methoxy groups -OCH3 is 1. The Morgan fingerprint density at radius 2 is 2.05 bits per heavy atom. The lowest BCUT2D eigenvalue weighted by atomic mass is 10.2. The van der Waals surface area contributed by atoms with Crippen LogP contribution < -0.4 is 10.1 Å². The van der Waals surface area contributed by atoms with Crippen LogP contribution in [0, 0.1) is 12.7 Å². The standard InChI is InChI=1S/C15H15ClFNO/c1-10-6-7-13(14(8-10)19-2)18-9-11-4-3-5-12(16)15(11)17/h3-8,18H,9H2,1-2H3. The van der Waals surface area contributed by atoms with Gasteiger partial charge in [0.05, 0.1) is 17.8 Å². The van der Waals surface area contributed by atoms with Crippen molar-refractivity contribution in [3.05, 3.63) is 58.4 Å². The van der Waals surface area contributed by atoms with Crippen molar-refractivity contribution >= 4 is 17.3 Å². The Balaban J connectivity index is 2.17. The van der Waals surface area contributed by atoms with Gasteiger partial charge in [-0.2, -0.15) is 0 Å².